The maximum absolute atomic E-state index is 11.7. The van der Waals surface area contributed by atoms with Crippen molar-refractivity contribution < 1.29 is 14.1 Å². The average molecular weight is 415 g/mol. The fourth-order valence-corrected chi connectivity index (χ4v) is 3.37. The van der Waals surface area contributed by atoms with Crippen LogP contribution < -0.4 is 4.90 Å². The van der Waals surface area contributed by atoms with Crippen LogP contribution in [0.1, 0.15) is 27.4 Å². The first-order valence-electron chi connectivity index (χ1n) is 9.67. The lowest BCUT2D eigenvalue weighted by Gasteiger charge is -2.23. The van der Waals surface area contributed by atoms with Gasteiger partial charge in [-0.3, -0.25) is 4.98 Å². The molecule has 4 aromatic rings. The Kier molecular flexibility index (Phi) is 5.70. The van der Waals surface area contributed by atoms with Crippen LogP contribution >= 0.6 is 0 Å². The lowest BCUT2D eigenvalue weighted by atomic mass is 10.1. The van der Waals surface area contributed by atoms with Crippen molar-refractivity contribution in [1.29, 1.82) is 0 Å². The highest BCUT2D eigenvalue weighted by Crippen LogP contribution is 2.31. The third-order valence-corrected chi connectivity index (χ3v) is 4.89. The molecule has 0 bridgehead atoms. The van der Waals surface area contributed by atoms with E-state index in [-0.39, 0.29) is 5.97 Å². The molecule has 3 aromatic heterocycles. The van der Waals surface area contributed by atoms with Crippen LogP contribution in [0.25, 0.3) is 11.1 Å². The Balaban J connectivity index is 1.71. The summed E-state index contributed by atoms with van der Waals surface area (Å²) in [6, 6.07) is 11.1. The molecule has 156 valence electrons. The third-order valence-electron chi connectivity index (χ3n) is 4.89. The fourth-order valence-electron chi connectivity index (χ4n) is 3.37. The standard InChI is InChI=1S/C23H21N5O3/c1-15-22(16(2)31-27-15)19-8-9-25-20(12-19)28(21-13-24-10-11-26-21)14-17-4-6-18(7-5-17)23(29)30-3/h4-13H,14H2,1-3H3. The van der Waals surface area contributed by atoms with E-state index in [2.05, 4.69) is 20.1 Å². The summed E-state index contributed by atoms with van der Waals surface area (Å²) in [5.74, 6) is 1.74. The topological polar surface area (TPSA) is 94.2 Å². The molecule has 3 heterocycles. The summed E-state index contributed by atoms with van der Waals surface area (Å²) >= 11 is 0. The van der Waals surface area contributed by atoms with Gasteiger partial charge in [0.25, 0.3) is 0 Å². The molecule has 0 fully saturated rings. The number of carbonyl (C=O) groups excluding carboxylic acids is 1. The third kappa shape index (κ3) is 4.28. The number of esters is 1. The molecule has 0 amide bonds. The van der Waals surface area contributed by atoms with Gasteiger partial charge in [0.15, 0.2) is 5.82 Å². The Hall–Kier alpha value is -4.07. The van der Waals surface area contributed by atoms with Gasteiger partial charge in [-0.2, -0.15) is 0 Å². The van der Waals surface area contributed by atoms with Gasteiger partial charge in [-0.1, -0.05) is 17.3 Å². The quantitative estimate of drug-likeness (QED) is 0.431. The summed E-state index contributed by atoms with van der Waals surface area (Å²) in [4.78, 5) is 26.9. The number of benzene rings is 1. The Bertz CT molecular complexity index is 1170. The van der Waals surface area contributed by atoms with Crippen molar-refractivity contribution in [3.63, 3.8) is 0 Å². The summed E-state index contributed by atoms with van der Waals surface area (Å²) in [5, 5.41) is 4.05. The predicted octanol–water partition coefficient (Wildman–Crippen LogP) is 4.27. The zero-order valence-corrected chi connectivity index (χ0v) is 17.4. The molecule has 8 heteroatoms. The van der Waals surface area contributed by atoms with Gasteiger partial charge in [-0.25, -0.2) is 14.8 Å². The Morgan fingerprint density at radius 2 is 1.81 bits per heavy atom. The molecule has 0 spiro atoms. The van der Waals surface area contributed by atoms with Gasteiger partial charge in [0.05, 0.1) is 31.1 Å². The second kappa shape index (κ2) is 8.74. The Labute approximate surface area is 179 Å². The summed E-state index contributed by atoms with van der Waals surface area (Å²) < 4.78 is 10.1. The molecule has 0 aliphatic carbocycles. The summed E-state index contributed by atoms with van der Waals surface area (Å²) in [5.41, 5.74) is 4.19. The molecular weight excluding hydrogens is 394 g/mol. The minimum Gasteiger partial charge on any atom is -0.465 e. The van der Waals surface area contributed by atoms with Crippen molar-refractivity contribution in [2.45, 2.75) is 20.4 Å². The van der Waals surface area contributed by atoms with Crippen LogP contribution in [-0.2, 0) is 11.3 Å². The zero-order chi connectivity index (χ0) is 21.8. The first-order valence-corrected chi connectivity index (χ1v) is 9.67. The van der Waals surface area contributed by atoms with Gasteiger partial charge in [0.1, 0.15) is 11.6 Å². The van der Waals surface area contributed by atoms with Crippen LogP contribution in [0.5, 0.6) is 0 Å². The molecule has 0 aliphatic rings. The van der Waals surface area contributed by atoms with Crippen LogP contribution in [0, 0.1) is 13.8 Å². The highest BCUT2D eigenvalue weighted by Gasteiger charge is 2.17. The second-order valence-electron chi connectivity index (χ2n) is 6.94. The van der Waals surface area contributed by atoms with Gasteiger partial charge in [-0.15, -0.1) is 0 Å². The van der Waals surface area contributed by atoms with E-state index in [1.54, 1.807) is 36.9 Å². The second-order valence-corrected chi connectivity index (χ2v) is 6.94. The van der Waals surface area contributed by atoms with Crippen LogP contribution in [0.3, 0.4) is 0 Å². The molecule has 1 aromatic carbocycles. The van der Waals surface area contributed by atoms with Crippen molar-refractivity contribution in [3.8, 4) is 11.1 Å². The molecule has 0 saturated carbocycles. The zero-order valence-electron chi connectivity index (χ0n) is 17.4. The molecule has 0 unspecified atom stereocenters. The van der Waals surface area contributed by atoms with Crippen molar-refractivity contribution in [3.05, 3.63) is 83.8 Å². The SMILES string of the molecule is COC(=O)c1ccc(CN(c2cnccn2)c2cc(-c3c(C)noc3C)ccn2)cc1. The molecule has 0 N–H and O–H groups in total. The number of hydrogen-bond acceptors (Lipinski definition) is 8. The van der Waals surface area contributed by atoms with E-state index < -0.39 is 0 Å². The normalized spacial score (nSPS) is 10.7. The van der Waals surface area contributed by atoms with Crippen molar-refractivity contribution in [1.82, 2.24) is 20.1 Å². The van der Waals surface area contributed by atoms with Gasteiger partial charge in [0.2, 0.25) is 0 Å². The highest BCUT2D eigenvalue weighted by molar-refractivity contribution is 5.89. The lowest BCUT2D eigenvalue weighted by Crippen LogP contribution is -2.19. The van der Waals surface area contributed by atoms with Crippen LogP contribution in [0.4, 0.5) is 11.6 Å². The molecular formula is C23H21N5O3. The minimum absolute atomic E-state index is 0.369. The van der Waals surface area contributed by atoms with Crippen molar-refractivity contribution in [2.24, 2.45) is 0 Å². The molecule has 31 heavy (non-hydrogen) atoms. The van der Waals surface area contributed by atoms with Crippen LogP contribution in [0.2, 0.25) is 0 Å². The number of pyridine rings is 1. The molecule has 0 aliphatic heterocycles. The van der Waals surface area contributed by atoms with E-state index in [4.69, 9.17) is 9.26 Å². The van der Waals surface area contributed by atoms with E-state index in [1.807, 2.05) is 43.0 Å². The van der Waals surface area contributed by atoms with Gasteiger partial charge < -0.3 is 14.2 Å². The van der Waals surface area contributed by atoms with Gasteiger partial charge >= 0.3 is 5.97 Å². The first-order chi connectivity index (χ1) is 15.1. The summed E-state index contributed by atoms with van der Waals surface area (Å²) in [6.07, 6.45) is 6.70. The average Bonchev–Trinajstić information content (AvgIpc) is 3.15. The number of ether oxygens (including phenoxy) is 1. The summed E-state index contributed by atoms with van der Waals surface area (Å²) in [7, 11) is 1.36. The number of nitrogens with zero attached hydrogens (tertiary/aromatic N) is 5. The van der Waals surface area contributed by atoms with E-state index in [0.717, 1.165) is 28.1 Å². The number of rotatable bonds is 6. The Morgan fingerprint density at radius 3 is 2.45 bits per heavy atom. The number of aromatic nitrogens is 4. The number of anilines is 2. The number of aryl methyl sites for hydroxylation is 2. The molecule has 4 rings (SSSR count). The van der Waals surface area contributed by atoms with Gasteiger partial charge in [-0.05, 0) is 49.2 Å². The van der Waals surface area contributed by atoms with E-state index in [1.165, 1.54) is 7.11 Å². The minimum atomic E-state index is -0.369. The fraction of sp³-hybridized carbons (Fsp3) is 0.174. The Morgan fingerprint density at radius 1 is 1.03 bits per heavy atom. The number of methoxy groups -OCH3 is 1. The van der Waals surface area contributed by atoms with Crippen molar-refractivity contribution >= 4 is 17.6 Å². The van der Waals surface area contributed by atoms with Gasteiger partial charge in [0, 0.05) is 24.2 Å². The largest absolute Gasteiger partial charge is 0.465 e. The van der Waals surface area contributed by atoms with Crippen LogP contribution in [0.15, 0.2) is 65.7 Å². The van der Waals surface area contributed by atoms with E-state index in [0.29, 0.717) is 23.7 Å². The predicted molar refractivity (Wildman–Crippen MR) is 115 cm³/mol. The first kappa shape index (κ1) is 20.2. The van der Waals surface area contributed by atoms with E-state index >= 15 is 0 Å². The smallest absolute Gasteiger partial charge is 0.337 e. The maximum Gasteiger partial charge on any atom is 0.337 e. The number of hydrogen-bond donors (Lipinski definition) is 0. The van der Waals surface area contributed by atoms with Crippen LogP contribution in [-0.4, -0.2) is 33.2 Å². The monoisotopic (exact) mass is 415 g/mol. The summed E-state index contributed by atoms with van der Waals surface area (Å²) in [6.45, 7) is 4.28. The molecule has 0 radical (unpaired) electrons. The molecule has 0 saturated heterocycles. The highest BCUT2D eigenvalue weighted by atomic mass is 16.5. The maximum atomic E-state index is 11.7. The molecule has 0 atom stereocenters. The number of carbonyl (C=O) groups is 1. The van der Waals surface area contributed by atoms with Crippen molar-refractivity contribution in [2.75, 3.05) is 12.0 Å². The lowest BCUT2D eigenvalue weighted by molar-refractivity contribution is 0.0600. The van der Waals surface area contributed by atoms with E-state index in [9.17, 15) is 4.79 Å². The molecule has 8 nitrogen and oxygen atoms in total.